The molecule has 0 unspecified atom stereocenters. The highest BCUT2D eigenvalue weighted by molar-refractivity contribution is 5.99. The van der Waals surface area contributed by atoms with Gasteiger partial charge in [-0.2, -0.15) is 0 Å². The van der Waals surface area contributed by atoms with Gasteiger partial charge in [0.1, 0.15) is 0 Å². The molecule has 1 heterocycles. The van der Waals surface area contributed by atoms with Crippen LogP contribution in [0.25, 0.3) is 17.0 Å². The van der Waals surface area contributed by atoms with Gasteiger partial charge in [0.25, 0.3) is 0 Å². The van der Waals surface area contributed by atoms with E-state index in [4.69, 9.17) is 14.2 Å². The topological polar surface area (TPSA) is 69.9 Å². The number of methoxy groups -OCH3 is 2. The fraction of sp³-hybridized carbons (Fsp3) is 0.227. The molecule has 0 radical (unpaired) electrons. The van der Waals surface area contributed by atoms with Crippen molar-refractivity contribution in [3.63, 3.8) is 0 Å². The van der Waals surface area contributed by atoms with Gasteiger partial charge in [0, 0.05) is 30.8 Å². The number of fused-ring (bicyclic) bond motifs is 1. The van der Waals surface area contributed by atoms with Crippen molar-refractivity contribution in [3.05, 3.63) is 65.4 Å². The van der Waals surface area contributed by atoms with Crippen LogP contribution in [0, 0.1) is 0 Å². The predicted molar refractivity (Wildman–Crippen MR) is 108 cm³/mol. The zero-order valence-corrected chi connectivity index (χ0v) is 16.1. The van der Waals surface area contributed by atoms with E-state index in [2.05, 4.69) is 16.7 Å². The molecule has 6 nitrogen and oxygen atoms in total. The molecule has 28 heavy (non-hydrogen) atoms. The molecule has 0 spiro atoms. The summed E-state index contributed by atoms with van der Waals surface area (Å²) in [7, 11) is 3.11. The molecule has 1 N–H and O–H groups in total. The lowest BCUT2D eigenvalue weighted by Crippen LogP contribution is -2.05. The van der Waals surface area contributed by atoms with E-state index in [1.807, 2.05) is 30.5 Å². The number of hydrogen-bond acceptors (Lipinski definition) is 4. The lowest BCUT2D eigenvalue weighted by atomic mass is 10.1. The Kier molecular flexibility index (Phi) is 6.01. The Morgan fingerprint density at radius 3 is 2.57 bits per heavy atom. The zero-order valence-electron chi connectivity index (χ0n) is 16.1. The van der Waals surface area contributed by atoms with Crippen molar-refractivity contribution < 1.29 is 24.1 Å². The number of hydrogen-bond donors (Lipinski definition) is 1. The number of carboxylic acids is 1. The first-order valence-corrected chi connectivity index (χ1v) is 8.82. The Morgan fingerprint density at radius 1 is 1.18 bits per heavy atom. The van der Waals surface area contributed by atoms with Gasteiger partial charge >= 0.3 is 5.97 Å². The SMILES string of the molecule is COCOc1c(OC)cc(/C=C(\C)C(=O)O)c2ccn(Cc3ccccc3)c12. The summed E-state index contributed by atoms with van der Waals surface area (Å²) in [6.07, 6.45) is 3.60. The Balaban J connectivity index is 2.22. The van der Waals surface area contributed by atoms with Crippen molar-refractivity contribution in [1.29, 1.82) is 0 Å². The van der Waals surface area contributed by atoms with Crippen LogP contribution >= 0.6 is 0 Å². The van der Waals surface area contributed by atoms with Crippen LogP contribution in [-0.2, 0) is 16.1 Å². The second-order valence-electron chi connectivity index (χ2n) is 6.37. The second kappa shape index (κ2) is 8.63. The molecular weight excluding hydrogens is 358 g/mol. The van der Waals surface area contributed by atoms with Gasteiger partial charge in [-0.05, 0) is 36.3 Å². The van der Waals surface area contributed by atoms with Crippen molar-refractivity contribution >= 4 is 22.9 Å². The summed E-state index contributed by atoms with van der Waals surface area (Å²) in [4.78, 5) is 11.3. The quantitative estimate of drug-likeness (QED) is 0.468. The molecule has 0 aliphatic rings. The third-order valence-corrected chi connectivity index (χ3v) is 4.45. The van der Waals surface area contributed by atoms with Crippen molar-refractivity contribution in [1.82, 2.24) is 4.57 Å². The first-order valence-electron chi connectivity index (χ1n) is 8.82. The van der Waals surface area contributed by atoms with E-state index in [0.717, 1.165) is 22.0 Å². The Bertz CT molecular complexity index is 1000. The predicted octanol–water partition coefficient (Wildman–Crippen LogP) is 4.17. The van der Waals surface area contributed by atoms with Gasteiger partial charge in [-0.3, -0.25) is 0 Å². The highest BCUT2D eigenvalue weighted by atomic mass is 16.7. The van der Waals surface area contributed by atoms with Crippen molar-refractivity contribution in [2.24, 2.45) is 0 Å². The highest BCUT2D eigenvalue weighted by Crippen LogP contribution is 2.40. The van der Waals surface area contributed by atoms with E-state index in [0.29, 0.717) is 18.0 Å². The van der Waals surface area contributed by atoms with Crippen LogP contribution in [0.3, 0.4) is 0 Å². The summed E-state index contributed by atoms with van der Waals surface area (Å²) < 4.78 is 18.5. The van der Waals surface area contributed by atoms with E-state index in [1.165, 1.54) is 0 Å². The number of aromatic nitrogens is 1. The number of carbonyl (C=O) groups is 1. The Hall–Kier alpha value is -3.25. The van der Waals surface area contributed by atoms with Gasteiger partial charge in [0.2, 0.25) is 0 Å². The lowest BCUT2D eigenvalue weighted by Gasteiger charge is -2.16. The third-order valence-electron chi connectivity index (χ3n) is 4.45. The van der Waals surface area contributed by atoms with Gasteiger partial charge < -0.3 is 23.9 Å². The maximum atomic E-state index is 11.3. The lowest BCUT2D eigenvalue weighted by molar-refractivity contribution is -0.132. The minimum atomic E-state index is -0.962. The van der Waals surface area contributed by atoms with Gasteiger partial charge in [0.05, 0.1) is 12.6 Å². The molecule has 3 aromatic rings. The van der Waals surface area contributed by atoms with Crippen LogP contribution in [0.5, 0.6) is 11.5 Å². The summed E-state index contributed by atoms with van der Waals surface area (Å²) in [5, 5.41) is 10.1. The Labute approximate surface area is 163 Å². The molecule has 3 rings (SSSR count). The molecule has 0 saturated heterocycles. The van der Waals surface area contributed by atoms with Crippen LogP contribution in [-0.4, -0.2) is 36.7 Å². The van der Waals surface area contributed by atoms with E-state index in [1.54, 1.807) is 33.3 Å². The van der Waals surface area contributed by atoms with Crippen LogP contribution < -0.4 is 9.47 Å². The maximum Gasteiger partial charge on any atom is 0.331 e. The average Bonchev–Trinajstić information content (AvgIpc) is 3.11. The van der Waals surface area contributed by atoms with Crippen LogP contribution in [0.2, 0.25) is 0 Å². The van der Waals surface area contributed by atoms with Gasteiger partial charge in [-0.25, -0.2) is 4.79 Å². The number of rotatable bonds is 8. The molecule has 0 atom stereocenters. The highest BCUT2D eigenvalue weighted by Gasteiger charge is 2.18. The fourth-order valence-electron chi connectivity index (χ4n) is 3.09. The molecular formula is C22H23NO5. The maximum absolute atomic E-state index is 11.3. The molecule has 0 fully saturated rings. The first kappa shape index (κ1) is 19.5. The smallest absolute Gasteiger partial charge is 0.331 e. The summed E-state index contributed by atoms with van der Waals surface area (Å²) in [5.41, 5.74) is 2.96. The average molecular weight is 381 g/mol. The van der Waals surface area contributed by atoms with Crippen molar-refractivity contribution in [3.8, 4) is 11.5 Å². The van der Waals surface area contributed by atoms with Gasteiger partial charge in [-0.1, -0.05) is 30.3 Å². The fourth-order valence-corrected chi connectivity index (χ4v) is 3.09. The molecule has 2 aromatic carbocycles. The molecule has 1 aromatic heterocycles. The van der Waals surface area contributed by atoms with E-state index >= 15 is 0 Å². The zero-order chi connectivity index (χ0) is 20.1. The van der Waals surface area contributed by atoms with Crippen LogP contribution in [0.15, 0.2) is 54.2 Å². The molecule has 0 aliphatic carbocycles. The van der Waals surface area contributed by atoms with Gasteiger partial charge in [0.15, 0.2) is 18.3 Å². The molecule has 0 aliphatic heterocycles. The molecule has 0 saturated carbocycles. The van der Waals surface area contributed by atoms with Crippen LogP contribution in [0.1, 0.15) is 18.1 Å². The van der Waals surface area contributed by atoms with E-state index < -0.39 is 5.97 Å². The summed E-state index contributed by atoms with van der Waals surface area (Å²) >= 11 is 0. The number of benzene rings is 2. The largest absolute Gasteiger partial charge is 0.493 e. The normalized spacial score (nSPS) is 11.6. The summed E-state index contributed by atoms with van der Waals surface area (Å²) in [6.45, 7) is 2.28. The minimum Gasteiger partial charge on any atom is -0.493 e. The van der Waals surface area contributed by atoms with Crippen LogP contribution in [0.4, 0.5) is 0 Å². The molecule has 0 amide bonds. The first-order chi connectivity index (χ1) is 13.5. The van der Waals surface area contributed by atoms with E-state index in [-0.39, 0.29) is 12.4 Å². The third kappa shape index (κ3) is 4.02. The number of nitrogens with zero attached hydrogens (tertiary/aromatic N) is 1. The summed E-state index contributed by atoms with van der Waals surface area (Å²) in [5.74, 6) is 0.114. The second-order valence-corrected chi connectivity index (χ2v) is 6.37. The van der Waals surface area contributed by atoms with E-state index in [9.17, 15) is 9.90 Å². The number of ether oxygens (including phenoxy) is 3. The number of carboxylic acid groups (broad SMARTS) is 1. The number of aliphatic carboxylic acids is 1. The van der Waals surface area contributed by atoms with Crippen molar-refractivity contribution in [2.45, 2.75) is 13.5 Å². The molecule has 146 valence electrons. The summed E-state index contributed by atoms with van der Waals surface area (Å²) in [6, 6.07) is 13.8. The Morgan fingerprint density at radius 2 is 1.93 bits per heavy atom. The van der Waals surface area contributed by atoms with Gasteiger partial charge in [-0.15, -0.1) is 0 Å². The minimum absolute atomic E-state index is 0.0747. The van der Waals surface area contributed by atoms with Crippen molar-refractivity contribution in [2.75, 3.05) is 21.0 Å². The standard InChI is InChI=1S/C22H23NO5/c1-15(22(24)25)11-17-12-19(27-3)21(28-14-26-2)20-18(17)9-10-23(20)13-16-7-5-4-6-8-16/h4-12H,13-14H2,1-3H3,(H,24,25)/b15-11+. The molecule has 6 heteroatoms. The monoisotopic (exact) mass is 381 g/mol. The molecule has 0 bridgehead atoms.